The van der Waals surface area contributed by atoms with E-state index in [-0.39, 0.29) is 11.3 Å². The number of carbonyl (C=O) groups excluding carboxylic acids is 1. The third kappa shape index (κ3) is 7.06. The van der Waals surface area contributed by atoms with Crippen LogP contribution in [0.3, 0.4) is 0 Å². The van der Waals surface area contributed by atoms with Crippen LogP contribution in [0.1, 0.15) is 70.7 Å². The average molecular weight is 461 g/mol. The van der Waals surface area contributed by atoms with Crippen molar-refractivity contribution in [1.82, 2.24) is 4.98 Å². The first-order valence-electron chi connectivity index (χ1n) is 12.5. The third-order valence-electron chi connectivity index (χ3n) is 5.88. The molecule has 34 heavy (non-hydrogen) atoms. The maximum absolute atomic E-state index is 11.0. The molecule has 2 N–H and O–H groups in total. The molecule has 0 fully saturated rings. The number of aromatic nitrogens is 1. The lowest BCUT2D eigenvalue weighted by Gasteiger charge is -2.25. The van der Waals surface area contributed by atoms with Crippen LogP contribution in [-0.4, -0.2) is 17.5 Å². The van der Waals surface area contributed by atoms with Crippen molar-refractivity contribution >= 4 is 16.8 Å². The molecule has 0 bridgehead atoms. The molecule has 0 aliphatic rings. The molecule has 4 heteroatoms. The van der Waals surface area contributed by atoms with Crippen LogP contribution in [-0.2, 0) is 17.6 Å². The number of carbonyl (C=O) groups is 1. The Morgan fingerprint density at radius 1 is 1.06 bits per heavy atom. The second kappa shape index (κ2) is 11.0. The molecule has 4 nitrogen and oxygen atoms in total. The topological polar surface area (TPSA) is 65.2 Å². The van der Waals surface area contributed by atoms with Gasteiger partial charge in [0.25, 0.3) is 0 Å². The van der Waals surface area contributed by atoms with Crippen LogP contribution in [0.25, 0.3) is 22.0 Å². The highest BCUT2D eigenvalue weighted by atomic mass is 16.5. The maximum Gasteiger partial charge on any atom is 0.217 e. The Morgan fingerprint density at radius 2 is 1.76 bits per heavy atom. The highest BCUT2D eigenvalue weighted by Crippen LogP contribution is 2.39. The second-order valence-corrected chi connectivity index (χ2v) is 11.1. The van der Waals surface area contributed by atoms with Crippen LogP contribution >= 0.6 is 0 Å². The number of aryl methyl sites for hydroxylation is 1. The Morgan fingerprint density at radius 3 is 2.38 bits per heavy atom. The van der Waals surface area contributed by atoms with E-state index in [9.17, 15) is 4.79 Å². The zero-order chi connectivity index (χ0) is 24.9. The first-order valence-corrected chi connectivity index (χ1v) is 12.5. The van der Waals surface area contributed by atoms with Gasteiger partial charge in [0, 0.05) is 17.5 Å². The molecule has 1 aromatic heterocycles. The second-order valence-electron chi connectivity index (χ2n) is 11.1. The van der Waals surface area contributed by atoms with Crippen molar-refractivity contribution in [2.75, 3.05) is 6.61 Å². The summed E-state index contributed by atoms with van der Waals surface area (Å²) in [5.74, 6) is 1.10. The minimum absolute atomic E-state index is 0.134. The Hall–Kier alpha value is -2.88. The maximum atomic E-state index is 11.0. The molecular formula is C30H40N2O2. The average Bonchev–Trinajstić information content (AvgIpc) is 2.73. The van der Waals surface area contributed by atoms with Crippen molar-refractivity contribution < 1.29 is 9.53 Å². The van der Waals surface area contributed by atoms with Crippen LogP contribution in [0.5, 0.6) is 5.75 Å². The fourth-order valence-corrected chi connectivity index (χ4v) is 4.34. The Kier molecular flexibility index (Phi) is 8.35. The van der Waals surface area contributed by atoms with E-state index in [1.54, 1.807) is 0 Å². The molecule has 1 amide bonds. The number of fused-ring (bicyclic) bond motifs is 1. The normalized spacial score (nSPS) is 11.9. The molecular weight excluding hydrogens is 420 g/mol. The zero-order valence-corrected chi connectivity index (χ0v) is 21.7. The van der Waals surface area contributed by atoms with E-state index >= 15 is 0 Å². The van der Waals surface area contributed by atoms with Crippen LogP contribution < -0.4 is 10.5 Å². The highest BCUT2D eigenvalue weighted by Gasteiger charge is 2.22. The summed E-state index contributed by atoms with van der Waals surface area (Å²) in [6.07, 6.45) is 3.86. The lowest BCUT2D eigenvalue weighted by atomic mass is 9.81. The van der Waals surface area contributed by atoms with Gasteiger partial charge in [-0.05, 0) is 78.8 Å². The van der Waals surface area contributed by atoms with Crippen molar-refractivity contribution in [2.24, 2.45) is 17.1 Å². The number of amides is 1. The monoisotopic (exact) mass is 460 g/mol. The molecule has 0 saturated carbocycles. The van der Waals surface area contributed by atoms with E-state index < -0.39 is 0 Å². The summed E-state index contributed by atoms with van der Waals surface area (Å²) < 4.78 is 6.06. The molecule has 3 aromatic rings. The SMILES string of the molecule is Cc1ccc(-c2c(CC(C)(C)C)c(CC(C)C)nc3ccc(OCCCCC(N)=O)cc23)cc1. The van der Waals surface area contributed by atoms with Crippen LogP contribution in [0.2, 0.25) is 0 Å². The van der Waals surface area contributed by atoms with Gasteiger partial charge in [0.05, 0.1) is 12.1 Å². The van der Waals surface area contributed by atoms with E-state index in [0.29, 0.717) is 18.9 Å². The summed E-state index contributed by atoms with van der Waals surface area (Å²) in [7, 11) is 0. The minimum Gasteiger partial charge on any atom is -0.494 e. The van der Waals surface area contributed by atoms with Gasteiger partial charge in [-0.3, -0.25) is 9.78 Å². The Balaban J connectivity index is 2.12. The molecule has 0 spiro atoms. The zero-order valence-electron chi connectivity index (χ0n) is 21.7. The number of hydrogen-bond donors (Lipinski definition) is 1. The number of nitrogens with two attached hydrogens (primary N) is 1. The van der Waals surface area contributed by atoms with Gasteiger partial charge in [0.1, 0.15) is 5.75 Å². The van der Waals surface area contributed by atoms with E-state index in [1.165, 1.54) is 27.9 Å². The number of pyridine rings is 1. The van der Waals surface area contributed by atoms with Gasteiger partial charge >= 0.3 is 0 Å². The third-order valence-corrected chi connectivity index (χ3v) is 5.88. The molecule has 2 aromatic carbocycles. The van der Waals surface area contributed by atoms with Gasteiger partial charge in [-0.2, -0.15) is 0 Å². The molecule has 0 aliphatic heterocycles. The summed E-state index contributed by atoms with van der Waals surface area (Å²) in [6.45, 7) is 14.1. The van der Waals surface area contributed by atoms with Crippen molar-refractivity contribution in [3.8, 4) is 16.9 Å². The quantitative estimate of drug-likeness (QED) is 0.330. The minimum atomic E-state index is -0.261. The fraction of sp³-hybridized carbons (Fsp3) is 0.467. The Labute approximate surface area is 204 Å². The van der Waals surface area contributed by atoms with Gasteiger partial charge in [0.2, 0.25) is 5.91 Å². The smallest absolute Gasteiger partial charge is 0.217 e. The lowest BCUT2D eigenvalue weighted by Crippen LogP contribution is -2.15. The van der Waals surface area contributed by atoms with E-state index in [0.717, 1.165) is 42.3 Å². The molecule has 0 aliphatic carbocycles. The molecule has 1 heterocycles. The van der Waals surface area contributed by atoms with Crippen molar-refractivity contribution in [3.63, 3.8) is 0 Å². The Bertz CT molecular complexity index is 1130. The van der Waals surface area contributed by atoms with Gasteiger partial charge in [-0.15, -0.1) is 0 Å². The van der Waals surface area contributed by atoms with Crippen LogP contribution in [0.4, 0.5) is 0 Å². The van der Waals surface area contributed by atoms with Crippen LogP contribution in [0, 0.1) is 18.3 Å². The molecule has 0 atom stereocenters. The van der Waals surface area contributed by atoms with Crippen molar-refractivity contribution in [2.45, 2.75) is 73.6 Å². The van der Waals surface area contributed by atoms with Gasteiger partial charge in [0.15, 0.2) is 0 Å². The summed E-state index contributed by atoms with van der Waals surface area (Å²) in [5.41, 5.74) is 12.7. The van der Waals surface area contributed by atoms with Crippen molar-refractivity contribution in [1.29, 1.82) is 0 Å². The number of ether oxygens (including phenoxy) is 1. The van der Waals surface area contributed by atoms with Crippen molar-refractivity contribution in [3.05, 3.63) is 59.3 Å². The number of hydrogen-bond acceptors (Lipinski definition) is 3. The van der Waals surface area contributed by atoms with Gasteiger partial charge in [-0.25, -0.2) is 0 Å². The van der Waals surface area contributed by atoms with E-state index in [1.807, 2.05) is 6.07 Å². The largest absolute Gasteiger partial charge is 0.494 e. The number of rotatable bonds is 10. The number of unbranched alkanes of at least 4 members (excludes halogenated alkanes) is 1. The fourth-order valence-electron chi connectivity index (χ4n) is 4.34. The van der Waals surface area contributed by atoms with Gasteiger partial charge < -0.3 is 10.5 Å². The van der Waals surface area contributed by atoms with E-state index in [2.05, 4.69) is 77.9 Å². The molecule has 0 radical (unpaired) electrons. The summed E-state index contributed by atoms with van der Waals surface area (Å²) in [4.78, 5) is 16.1. The predicted molar refractivity (Wildman–Crippen MR) is 142 cm³/mol. The molecule has 0 unspecified atom stereocenters. The number of nitrogens with zero attached hydrogens (tertiary/aromatic N) is 1. The first kappa shape index (κ1) is 25.7. The summed E-state index contributed by atoms with van der Waals surface area (Å²) >= 11 is 0. The van der Waals surface area contributed by atoms with Gasteiger partial charge in [-0.1, -0.05) is 64.4 Å². The number of primary amides is 1. The first-order chi connectivity index (χ1) is 16.0. The van der Waals surface area contributed by atoms with Crippen LogP contribution in [0.15, 0.2) is 42.5 Å². The number of benzene rings is 2. The summed E-state index contributed by atoms with van der Waals surface area (Å²) in [5, 5.41) is 1.13. The van der Waals surface area contributed by atoms with E-state index in [4.69, 9.17) is 15.5 Å². The summed E-state index contributed by atoms with van der Waals surface area (Å²) in [6, 6.07) is 15.0. The molecule has 0 saturated heterocycles. The molecule has 182 valence electrons. The predicted octanol–water partition coefficient (Wildman–Crippen LogP) is 7.03. The highest BCUT2D eigenvalue weighted by molar-refractivity contribution is 5.97. The lowest BCUT2D eigenvalue weighted by molar-refractivity contribution is -0.118. The standard InChI is InChI=1S/C30H40N2O2/c1-20(2)17-27-25(19-30(4,5)6)29(22-12-10-21(3)11-13-22)24-18-23(14-15-26(24)32-27)34-16-8-7-9-28(31)33/h10-15,18,20H,7-9,16-17,19H2,1-6H3,(H2,31,33). The molecule has 3 rings (SSSR count).